The molecule has 0 amide bonds. The number of halogens is 2. The van der Waals surface area contributed by atoms with Crippen LogP contribution in [0.15, 0.2) is 40.6 Å². The van der Waals surface area contributed by atoms with Crippen LogP contribution in [0.5, 0.6) is 0 Å². The highest BCUT2D eigenvalue weighted by molar-refractivity contribution is 7.91. The lowest BCUT2D eigenvalue weighted by molar-refractivity contribution is 0.392. The van der Waals surface area contributed by atoms with E-state index in [1.807, 2.05) is 0 Å². The molecule has 22 heavy (non-hydrogen) atoms. The fourth-order valence-electron chi connectivity index (χ4n) is 2.19. The van der Waals surface area contributed by atoms with Gasteiger partial charge in [-0.25, -0.2) is 12.8 Å². The van der Waals surface area contributed by atoms with Gasteiger partial charge in [0.25, 0.3) is 10.0 Å². The quantitative estimate of drug-likeness (QED) is 0.777. The van der Waals surface area contributed by atoms with Gasteiger partial charge >= 0.3 is 0 Å². The summed E-state index contributed by atoms with van der Waals surface area (Å²) in [6.07, 6.45) is 2.11. The third-order valence-corrected chi connectivity index (χ3v) is 7.08. The van der Waals surface area contributed by atoms with Gasteiger partial charge in [0, 0.05) is 13.1 Å². The maximum Gasteiger partial charge on any atom is 0.252 e. The summed E-state index contributed by atoms with van der Waals surface area (Å²) in [5.41, 5.74) is 0.772. The third kappa shape index (κ3) is 3.68. The molecule has 0 N–H and O–H groups in total. The van der Waals surface area contributed by atoms with Crippen molar-refractivity contribution in [2.75, 3.05) is 6.54 Å². The lowest BCUT2D eigenvalue weighted by atomic mass is 10.2. The minimum Gasteiger partial charge on any atom is -0.207 e. The normalized spacial score (nSPS) is 15.4. The van der Waals surface area contributed by atoms with Crippen LogP contribution in [-0.4, -0.2) is 19.3 Å². The molecular weight excluding hydrogens is 345 g/mol. The van der Waals surface area contributed by atoms with E-state index in [0.29, 0.717) is 16.8 Å². The lowest BCUT2D eigenvalue weighted by Gasteiger charge is -2.21. The monoisotopic (exact) mass is 359 g/mol. The fourth-order valence-corrected chi connectivity index (χ4v) is 5.33. The Hall–Kier alpha value is -0.950. The van der Waals surface area contributed by atoms with Gasteiger partial charge in [-0.3, -0.25) is 0 Å². The van der Waals surface area contributed by atoms with Crippen LogP contribution in [-0.2, 0) is 16.6 Å². The number of hydrogen-bond acceptors (Lipinski definition) is 3. The van der Waals surface area contributed by atoms with E-state index in [1.54, 1.807) is 18.2 Å². The summed E-state index contributed by atoms with van der Waals surface area (Å²) in [7, 11) is -3.57. The van der Waals surface area contributed by atoms with Gasteiger partial charge in [0.05, 0.1) is 4.34 Å². The van der Waals surface area contributed by atoms with Crippen molar-refractivity contribution in [1.29, 1.82) is 0 Å². The van der Waals surface area contributed by atoms with E-state index in [9.17, 15) is 12.8 Å². The van der Waals surface area contributed by atoms with Crippen molar-refractivity contribution in [2.24, 2.45) is 5.92 Å². The predicted octanol–water partition coefficient (Wildman–Crippen LogP) is 4.14. The smallest absolute Gasteiger partial charge is 0.207 e. The van der Waals surface area contributed by atoms with E-state index >= 15 is 0 Å². The Kier molecular flexibility index (Phi) is 4.54. The van der Waals surface area contributed by atoms with E-state index < -0.39 is 10.0 Å². The molecule has 1 aromatic heterocycles. The molecule has 3 nitrogen and oxygen atoms in total. The van der Waals surface area contributed by atoms with Gasteiger partial charge in [0.2, 0.25) is 0 Å². The van der Waals surface area contributed by atoms with Gasteiger partial charge < -0.3 is 0 Å². The summed E-state index contributed by atoms with van der Waals surface area (Å²) in [6, 6.07) is 9.05. The van der Waals surface area contributed by atoms with Crippen LogP contribution in [0.25, 0.3) is 0 Å². The van der Waals surface area contributed by atoms with Crippen LogP contribution < -0.4 is 0 Å². The predicted molar refractivity (Wildman–Crippen MR) is 86.0 cm³/mol. The van der Waals surface area contributed by atoms with Gasteiger partial charge in [-0.2, -0.15) is 4.31 Å². The molecule has 3 rings (SSSR count). The molecule has 0 unspecified atom stereocenters. The molecule has 0 bridgehead atoms. The SMILES string of the molecule is O=S(=O)(c1ccc(Cl)s1)N(Cc1ccc(F)cc1)CC1CC1. The average molecular weight is 360 g/mol. The number of rotatable bonds is 6. The first-order valence-electron chi connectivity index (χ1n) is 6.95. The molecule has 1 heterocycles. The zero-order valence-corrected chi connectivity index (χ0v) is 14.1. The van der Waals surface area contributed by atoms with Crippen molar-refractivity contribution in [3.8, 4) is 0 Å². The molecule has 1 aliphatic rings. The van der Waals surface area contributed by atoms with E-state index in [4.69, 9.17) is 11.6 Å². The fraction of sp³-hybridized carbons (Fsp3) is 0.333. The highest BCUT2D eigenvalue weighted by Gasteiger charge is 2.32. The number of nitrogens with zero attached hydrogens (tertiary/aromatic N) is 1. The van der Waals surface area contributed by atoms with E-state index in [-0.39, 0.29) is 16.6 Å². The van der Waals surface area contributed by atoms with E-state index in [2.05, 4.69) is 0 Å². The van der Waals surface area contributed by atoms with Crippen molar-refractivity contribution in [2.45, 2.75) is 23.6 Å². The summed E-state index contributed by atoms with van der Waals surface area (Å²) < 4.78 is 40.7. The molecule has 0 atom stereocenters. The number of thiophene rings is 1. The van der Waals surface area contributed by atoms with E-state index in [1.165, 1.54) is 22.5 Å². The Morgan fingerprint density at radius 3 is 2.41 bits per heavy atom. The second-order valence-electron chi connectivity index (χ2n) is 5.43. The van der Waals surface area contributed by atoms with Crippen LogP contribution in [0.4, 0.5) is 4.39 Å². The molecule has 2 aromatic rings. The molecule has 0 saturated heterocycles. The van der Waals surface area contributed by atoms with Crippen molar-refractivity contribution in [3.05, 3.63) is 52.1 Å². The molecule has 1 aliphatic carbocycles. The van der Waals surface area contributed by atoms with Crippen LogP contribution in [0, 0.1) is 11.7 Å². The zero-order valence-electron chi connectivity index (χ0n) is 11.7. The average Bonchev–Trinajstić information content (AvgIpc) is 3.19. The number of benzene rings is 1. The Labute approximate surface area is 138 Å². The summed E-state index contributed by atoms with van der Waals surface area (Å²) in [5, 5.41) is 0. The molecule has 0 radical (unpaired) electrons. The molecule has 0 spiro atoms. The third-order valence-electron chi connectivity index (χ3n) is 3.57. The van der Waals surface area contributed by atoms with Crippen molar-refractivity contribution in [3.63, 3.8) is 0 Å². The summed E-state index contributed by atoms with van der Waals surface area (Å²) in [6.45, 7) is 0.740. The van der Waals surface area contributed by atoms with Crippen LogP contribution in [0.3, 0.4) is 0 Å². The first kappa shape index (κ1) is 15.9. The topological polar surface area (TPSA) is 37.4 Å². The minimum atomic E-state index is -3.57. The standard InChI is InChI=1S/C15H15ClFNO2S2/c16-14-7-8-15(21-14)22(19,20)18(9-11-1-2-11)10-12-3-5-13(17)6-4-12/h3-8,11H,1-2,9-10H2. The Morgan fingerprint density at radius 2 is 1.86 bits per heavy atom. The van der Waals surface area contributed by atoms with Gasteiger partial charge in [-0.1, -0.05) is 23.7 Å². The summed E-state index contributed by atoms with van der Waals surface area (Å²) in [4.78, 5) is 0. The second kappa shape index (κ2) is 6.28. The Bertz CT molecular complexity index is 754. The van der Waals surface area contributed by atoms with Crippen LogP contribution >= 0.6 is 22.9 Å². The van der Waals surface area contributed by atoms with Crippen molar-refractivity contribution >= 4 is 33.0 Å². The molecule has 0 aliphatic heterocycles. The molecule has 1 aromatic carbocycles. The van der Waals surface area contributed by atoms with Gasteiger partial charge in [0.1, 0.15) is 10.0 Å². The lowest BCUT2D eigenvalue weighted by Crippen LogP contribution is -2.32. The Balaban J connectivity index is 1.86. The second-order valence-corrected chi connectivity index (χ2v) is 9.31. The molecular formula is C15H15ClFNO2S2. The largest absolute Gasteiger partial charge is 0.252 e. The summed E-state index contributed by atoms with van der Waals surface area (Å²) in [5.74, 6) is 0.0936. The number of hydrogen-bond donors (Lipinski definition) is 0. The first-order chi connectivity index (χ1) is 10.4. The first-order valence-corrected chi connectivity index (χ1v) is 9.58. The molecule has 1 saturated carbocycles. The van der Waals surface area contributed by atoms with Gasteiger partial charge in [-0.05, 0) is 48.6 Å². The molecule has 118 valence electrons. The van der Waals surface area contributed by atoms with Crippen molar-refractivity contribution in [1.82, 2.24) is 4.31 Å². The minimum absolute atomic E-state index is 0.245. The maximum absolute atomic E-state index is 13.0. The zero-order chi connectivity index (χ0) is 15.7. The van der Waals surface area contributed by atoms with Crippen molar-refractivity contribution < 1.29 is 12.8 Å². The van der Waals surface area contributed by atoms with E-state index in [0.717, 1.165) is 29.7 Å². The van der Waals surface area contributed by atoms with Crippen LogP contribution in [0.2, 0.25) is 4.34 Å². The highest BCUT2D eigenvalue weighted by atomic mass is 35.5. The number of sulfonamides is 1. The molecule has 7 heteroatoms. The maximum atomic E-state index is 13.0. The molecule has 1 fully saturated rings. The van der Waals surface area contributed by atoms with Gasteiger partial charge in [-0.15, -0.1) is 11.3 Å². The Morgan fingerprint density at radius 1 is 1.18 bits per heavy atom. The highest BCUT2D eigenvalue weighted by Crippen LogP contribution is 2.34. The summed E-state index contributed by atoms with van der Waals surface area (Å²) >= 11 is 6.92. The van der Waals surface area contributed by atoms with Gasteiger partial charge in [0.15, 0.2) is 0 Å². The van der Waals surface area contributed by atoms with Crippen LogP contribution in [0.1, 0.15) is 18.4 Å².